The van der Waals surface area contributed by atoms with Crippen molar-refractivity contribution in [3.05, 3.63) is 58.9 Å². The maximum Gasteiger partial charge on any atom is 0.335 e. The van der Waals surface area contributed by atoms with Crippen molar-refractivity contribution < 1.29 is 9.18 Å². The Hall–Kier alpha value is -2.96. The van der Waals surface area contributed by atoms with Gasteiger partial charge in [0.25, 0.3) is 0 Å². The summed E-state index contributed by atoms with van der Waals surface area (Å²) in [6, 6.07) is 9.05. The summed E-state index contributed by atoms with van der Waals surface area (Å²) >= 11 is 0. The maximum atomic E-state index is 13.2. The first kappa shape index (κ1) is 17.8. The van der Waals surface area contributed by atoms with Gasteiger partial charge in [-0.05, 0) is 48.7 Å². The van der Waals surface area contributed by atoms with Gasteiger partial charge < -0.3 is 5.32 Å². The molecule has 3 rings (SSSR count). The van der Waals surface area contributed by atoms with E-state index < -0.39 is 0 Å². The van der Waals surface area contributed by atoms with Crippen molar-refractivity contribution in [2.24, 2.45) is 5.92 Å². The van der Waals surface area contributed by atoms with Crippen molar-refractivity contribution in [2.45, 2.75) is 26.8 Å². The zero-order chi connectivity index (χ0) is 18.7. The molecule has 1 amide bonds. The molecule has 0 spiro atoms. The van der Waals surface area contributed by atoms with E-state index in [1.165, 1.54) is 33.4 Å². The minimum Gasteiger partial charge on any atom is -0.355 e. The van der Waals surface area contributed by atoms with Crippen LogP contribution in [0.1, 0.15) is 20.3 Å². The molecule has 0 aliphatic carbocycles. The van der Waals surface area contributed by atoms with Gasteiger partial charge in [-0.1, -0.05) is 13.8 Å². The molecule has 0 saturated heterocycles. The lowest BCUT2D eigenvalue weighted by atomic mass is 10.1. The Morgan fingerprint density at radius 2 is 1.96 bits per heavy atom. The predicted octanol–water partition coefficient (Wildman–Crippen LogP) is 2.49. The van der Waals surface area contributed by atoms with Crippen LogP contribution < -0.4 is 11.0 Å². The van der Waals surface area contributed by atoms with Crippen molar-refractivity contribution in [3.8, 4) is 5.69 Å². The van der Waals surface area contributed by atoms with Gasteiger partial charge in [-0.15, -0.1) is 0 Å². The highest BCUT2D eigenvalue weighted by atomic mass is 19.1. The van der Waals surface area contributed by atoms with Gasteiger partial charge in [0.2, 0.25) is 5.91 Å². The average molecular weight is 356 g/mol. The summed E-state index contributed by atoms with van der Waals surface area (Å²) in [6.45, 7) is 4.64. The van der Waals surface area contributed by atoms with Gasteiger partial charge in [-0.25, -0.2) is 18.7 Å². The van der Waals surface area contributed by atoms with E-state index in [0.29, 0.717) is 29.3 Å². The second kappa shape index (κ2) is 7.51. The van der Waals surface area contributed by atoms with E-state index in [9.17, 15) is 14.0 Å². The molecule has 1 N–H and O–H groups in total. The monoisotopic (exact) mass is 356 g/mol. The highest BCUT2D eigenvalue weighted by molar-refractivity contribution is 5.80. The first-order valence-corrected chi connectivity index (χ1v) is 8.56. The third-order valence-electron chi connectivity index (χ3n) is 4.12. The number of fused-ring (bicyclic) bond motifs is 1. The van der Waals surface area contributed by atoms with Crippen LogP contribution in [0.15, 0.2) is 47.4 Å². The predicted molar refractivity (Wildman–Crippen MR) is 97.8 cm³/mol. The van der Waals surface area contributed by atoms with Gasteiger partial charge in [0, 0.05) is 12.7 Å². The van der Waals surface area contributed by atoms with Crippen LogP contribution in [0.5, 0.6) is 0 Å². The number of rotatable bonds is 6. The quantitative estimate of drug-likeness (QED) is 0.738. The number of nitrogens with zero attached hydrogens (tertiary/aromatic N) is 3. The number of imidazole rings is 1. The summed E-state index contributed by atoms with van der Waals surface area (Å²) < 4.78 is 16.0. The van der Waals surface area contributed by atoms with Gasteiger partial charge in [0.15, 0.2) is 5.65 Å². The molecule has 26 heavy (non-hydrogen) atoms. The van der Waals surface area contributed by atoms with Gasteiger partial charge in [-0.2, -0.15) is 0 Å². The molecule has 2 aromatic heterocycles. The van der Waals surface area contributed by atoms with Crippen molar-refractivity contribution >= 4 is 17.1 Å². The average Bonchev–Trinajstić information content (AvgIpc) is 2.88. The Bertz CT molecular complexity index is 973. The summed E-state index contributed by atoms with van der Waals surface area (Å²) in [5.41, 5.74) is 1.10. The summed E-state index contributed by atoms with van der Waals surface area (Å²) in [6.07, 6.45) is 2.45. The lowest BCUT2D eigenvalue weighted by molar-refractivity contribution is -0.121. The molecule has 3 aromatic rings. The molecule has 0 aliphatic rings. The molecule has 0 saturated carbocycles. The number of pyridine rings is 1. The first-order valence-electron chi connectivity index (χ1n) is 8.56. The summed E-state index contributed by atoms with van der Waals surface area (Å²) in [5, 5.41) is 2.83. The molecule has 1 aromatic carbocycles. The van der Waals surface area contributed by atoms with Gasteiger partial charge >= 0.3 is 5.69 Å². The maximum absolute atomic E-state index is 13.2. The van der Waals surface area contributed by atoms with Crippen LogP contribution in [-0.2, 0) is 11.3 Å². The number of amides is 1. The second-order valence-corrected chi connectivity index (χ2v) is 6.56. The van der Waals surface area contributed by atoms with Crippen LogP contribution in [0.25, 0.3) is 16.9 Å². The topological polar surface area (TPSA) is 68.9 Å². The second-order valence-electron chi connectivity index (χ2n) is 6.56. The van der Waals surface area contributed by atoms with Crippen molar-refractivity contribution in [2.75, 3.05) is 6.54 Å². The summed E-state index contributed by atoms with van der Waals surface area (Å²) in [7, 11) is 0. The smallest absolute Gasteiger partial charge is 0.335 e. The van der Waals surface area contributed by atoms with Crippen LogP contribution in [0.3, 0.4) is 0 Å². The van der Waals surface area contributed by atoms with Crippen LogP contribution >= 0.6 is 0 Å². The van der Waals surface area contributed by atoms with E-state index >= 15 is 0 Å². The standard InChI is InChI=1S/C19H21FN4O2/c1-13(2)9-11-21-17(25)12-23-16-4-3-10-22-18(16)24(19(23)26)15-7-5-14(20)6-8-15/h3-8,10,13H,9,11-12H2,1-2H3,(H,21,25). The highest BCUT2D eigenvalue weighted by Gasteiger charge is 2.17. The minimum atomic E-state index is -0.386. The van der Waals surface area contributed by atoms with Crippen molar-refractivity contribution in [3.63, 3.8) is 0 Å². The lowest BCUT2D eigenvalue weighted by Crippen LogP contribution is -2.33. The molecule has 0 bridgehead atoms. The molecule has 0 aliphatic heterocycles. The fourth-order valence-electron chi connectivity index (χ4n) is 2.76. The lowest BCUT2D eigenvalue weighted by Gasteiger charge is -2.07. The van der Waals surface area contributed by atoms with Crippen LogP contribution in [0.2, 0.25) is 0 Å². The normalized spacial score (nSPS) is 11.2. The van der Waals surface area contributed by atoms with E-state index in [2.05, 4.69) is 24.1 Å². The Morgan fingerprint density at radius 3 is 2.65 bits per heavy atom. The number of benzene rings is 1. The number of carbonyl (C=O) groups excluding carboxylic acids is 1. The van der Waals surface area contributed by atoms with E-state index in [4.69, 9.17) is 0 Å². The van der Waals surface area contributed by atoms with E-state index in [-0.39, 0.29) is 24.0 Å². The molecule has 0 unspecified atom stereocenters. The van der Waals surface area contributed by atoms with E-state index in [1.54, 1.807) is 18.3 Å². The SMILES string of the molecule is CC(C)CCNC(=O)Cn1c(=O)n(-c2ccc(F)cc2)c2ncccc21. The summed E-state index contributed by atoms with van der Waals surface area (Å²) in [4.78, 5) is 29.4. The molecular weight excluding hydrogens is 335 g/mol. The molecule has 0 radical (unpaired) electrons. The minimum absolute atomic E-state index is 0.0900. The number of aromatic nitrogens is 3. The molecule has 7 heteroatoms. The molecule has 136 valence electrons. The van der Waals surface area contributed by atoms with Crippen LogP contribution in [0, 0.1) is 11.7 Å². The number of carbonyl (C=O) groups is 1. The molecule has 0 atom stereocenters. The number of nitrogens with one attached hydrogen (secondary N) is 1. The van der Waals surface area contributed by atoms with Crippen LogP contribution in [0.4, 0.5) is 4.39 Å². The molecular formula is C19H21FN4O2. The Balaban J connectivity index is 1.96. The summed E-state index contributed by atoms with van der Waals surface area (Å²) in [5.74, 6) is -0.125. The van der Waals surface area contributed by atoms with Crippen molar-refractivity contribution in [1.29, 1.82) is 0 Å². The fourth-order valence-corrected chi connectivity index (χ4v) is 2.76. The zero-order valence-corrected chi connectivity index (χ0v) is 14.8. The molecule has 2 heterocycles. The Kier molecular flexibility index (Phi) is 5.16. The number of halogens is 1. The molecule has 6 nitrogen and oxygen atoms in total. The van der Waals surface area contributed by atoms with Crippen LogP contribution in [-0.4, -0.2) is 26.6 Å². The zero-order valence-electron chi connectivity index (χ0n) is 14.8. The number of hydrogen-bond donors (Lipinski definition) is 1. The first-order chi connectivity index (χ1) is 12.5. The third kappa shape index (κ3) is 3.66. The third-order valence-corrected chi connectivity index (χ3v) is 4.12. The van der Waals surface area contributed by atoms with Gasteiger partial charge in [-0.3, -0.25) is 9.36 Å². The van der Waals surface area contributed by atoms with Gasteiger partial charge in [0.1, 0.15) is 12.4 Å². The highest BCUT2D eigenvalue weighted by Crippen LogP contribution is 2.15. The van der Waals surface area contributed by atoms with E-state index in [0.717, 1.165) is 6.42 Å². The Morgan fingerprint density at radius 1 is 1.23 bits per heavy atom. The largest absolute Gasteiger partial charge is 0.355 e. The van der Waals surface area contributed by atoms with E-state index in [1.807, 2.05) is 0 Å². The van der Waals surface area contributed by atoms with Gasteiger partial charge in [0.05, 0.1) is 11.2 Å². The number of hydrogen-bond acceptors (Lipinski definition) is 3. The fraction of sp³-hybridized carbons (Fsp3) is 0.316. The molecule has 0 fully saturated rings. The van der Waals surface area contributed by atoms with Crippen molar-refractivity contribution in [1.82, 2.24) is 19.4 Å². The Labute approximate surface area is 150 Å².